The van der Waals surface area contributed by atoms with E-state index in [-0.39, 0.29) is 18.0 Å². The molecule has 0 aliphatic carbocycles. The standard InChI is InChI=1S/C12H12N2O4/c1-7-3-10(18-13-7)6-14-5-9(8(2)15)4-11(14)12(16)17/h3-5H,6H2,1-2H3,(H,16,17). The Morgan fingerprint density at radius 2 is 2.17 bits per heavy atom. The Balaban J connectivity index is 2.36. The molecule has 0 fully saturated rings. The number of carboxylic acid groups (broad SMARTS) is 1. The van der Waals surface area contributed by atoms with E-state index >= 15 is 0 Å². The van der Waals surface area contributed by atoms with Crippen molar-refractivity contribution in [1.29, 1.82) is 0 Å². The van der Waals surface area contributed by atoms with Gasteiger partial charge < -0.3 is 14.2 Å². The van der Waals surface area contributed by atoms with Gasteiger partial charge in [-0.1, -0.05) is 5.16 Å². The zero-order chi connectivity index (χ0) is 13.3. The molecule has 0 saturated carbocycles. The maximum absolute atomic E-state index is 11.2. The lowest BCUT2D eigenvalue weighted by Crippen LogP contribution is -2.07. The van der Waals surface area contributed by atoms with E-state index in [0.29, 0.717) is 11.3 Å². The molecule has 94 valence electrons. The molecule has 6 nitrogen and oxygen atoms in total. The molecule has 0 aliphatic heterocycles. The van der Waals surface area contributed by atoms with Crippen LogP contribution in [0.1, 0.15) is 39.2 Å². The van der Waals surface area contributed by atoms with Gasteiger partial charge in [0.1, 0.15) is 5.69 Å². The molecule has 0 atom stereocenters. The number of aromatic carboxylic acids is 1. The van der Waals surface area contributed by atoms with Crippen molar-refractivity contribution in [2.75, 3.05) is 0 Å². The van der Waals surface area contributed by atoms with Crippen molar-refractivity contribution in [3.63, 3.8) is 0 Å². The molecule has 1 N–H and O–H groups in total. The van der Waals surface area contributed by atoms with Crippen LogP contribution in [0.5, 0.6) is 0 Å². The van der Waals surface area contributed by atoms with Crippen LogP contribution < -0.4 is 0 Å². The SMILES string of the molecule is CC(=O)c1cc(C(=O)O)n(Cc2cc(C)no2)c1. The summed E-state index contributed by atoms with van der Waals surface area (Å²) in [7, 11) is 0. The predicted octanol–water partition coefficient (Wildman–Crippen LogP) is 1.73. The van der Waals surface area contributed by atoms with Crippen LogP contribution in [-0.4, -0.2) is 26.6 Å². The first kappa shape index (κ1) is 12.1. The summed E-state index contributed by atoms with van der Waals surface area (Å²) in [5, 5.41) is 12.8. The summed E-state index contributed by atoms with van der Waals surface area (Å²) in [5.74, 6) is -0.718. The van der Waals surface area contributed by atoms with Crippen molar-refractivity contribution in [3.8, 4) is 0 Å². The lowest BCUT2D eigenvalue weighted by atomic mass is 10.2. The second kappa shape index (κ2) is 4.48. The highest BCUT2D eigenvalue weighted by Gasteiger charge is 2.16. The monoisotopic (exact) mass is 248 g/mol. The predicted molar refractivity (Wildman–Crippen MR) is 61.7 cm³/mol. The minimum absolute atomic E-state index is 0.0502. The maximum Gasteiger partial charge on any atom is 0.352 e. The van der Waals surface area contributed by atoms with Gasteiger partial charge in [-0.15, -0.1) is 0 Å². The smallest absolute Gasteiger partial charge is 0.352 e. The van der Waals surface area contributed by atoms with Gasteiger partial charge in [0.25, 0.3) is 0 Å². The molecule has 0 aliphatic rings. The number of ketones is 1. The number of nitrogens with zero attached hydrogens (tertiary/aromatic N) is 2. The molecule has 0 radical (unpaired) electrons. The first-order valence-corrected chi connectivity index (χ1v) is 5.34. The molecule has 2 rings (SSSR count). The van der Waals surface area contributed by atoms with Crippen LogP contribution in [0.15, 0.2) is 22.9 Å². The van der Waals surface area contributed by atoms with Gasteiger partial charge in [-0.25, -0.2) is 4.79 Å². The average Bonchev–Trinajstić information content (AvgIpc) is 2.85. The van der Waals surface area contributed by atoms with E-state index in [9.17, 15) is 9.59 Å². The molecule has 0 spiro atoms. The van der Waals surface area contributed by atoms with Crippen molar-refractivity contribution in [3.05, 3.63) is 41.0 Å². The van der Waals surface area contributed by atoms with Crippen molar-refractivity contribution in [1.82, 2.24) is 9.72 Å². The minimum atomic E-state index is -1.08. The first-order chi connectivity index (χ1) is 8.47. The summed E-state index contributed by atoms with van der Waals surface area (Å²) < 4.78 is 6.48. The summed E-state index contributed by atoms with van der Waals surface area (Å²) in [6, 6.07) is 3.08. The average molecular weight is 248 g/mol. The van der Waals surface area contributed by atoms with Gasteiger partial charge in [-0.05, 0) is 19.9 Å². The molecule has 0 saturated heterocycles. The van der Waals surface area contributed by atoms with Crippen molar-refractivity contribution >= 4 is 11.8 Å². The van der Waals surface area contributed by atoms with Gasteiger partial charge in [0.2, 0.25) is 0 Å². The highest BCUT2D eigenvalue weighted by Crippen LogP contribution is 2.13. The summed E-state index contributed by atoms with van der Waals surface area (Å²) in [4.78, 5) is 22.3. The summed E-state index contributed by atoms with van der Waals surface area (Å²) in [6.45, 7) is 3.40. The van der Waals surface area contributed by atoms with Gasteiger partial charge in [0.05, 0.1) is 12.2 Å². The Kier molecular flexibility index (Phi) is 3.01. The van der Waals surface area contributed by atoms with E-state index in [0.717, 1.165) is 5.69 Å². The number of rotatable bonds is 4. The minimum Gasteiger partial charge on any atom is -0.477 e. The van der Waals surface area contributed by atoms with Crippen LogP contribution in [0.25, 0.3) is 0 Å². The molecular formula is C12H12N2O4. The Morgan fingerprint density at radius 1 is 1.44 bits per heavy atom. The van der Waals surface area contributed by atoms with E-state index in [1.165, 1.54) is 23.8 Å². The van der Waals surface area contributed by atoms with Crippen LogP contribution in [0.2, 0.25) is 0 Å². The number of carboxylic acids is 1. The fourth-order valence-electron chi connectivity index (χ4n) is 1.67. The molecule has 2 heterocycles. The number of aromatic nitrogens is 2. The molecule has 18 heavy (non-hydrogen) atoms. The Hall–Kier alpha value is -2.37. The van der Waals surface area contributed by atoms with Crippen LogP contribution in [0.3, 0.4) is 0 Å². The zero-order valence-corrected chi connectivity index (χ0v) is 10.0. The molecule has 2 aromatic heterocycles. The van der Waals surface area contributed by atoms with Crippen LogP contribution in [0, 0.1) is 6.92 Å². The second-order valence-electron chi connectivity index (χ2n) is 4.04. The molecular weight excluding hydrogens is 236 g/mol. The van der Waals surface area contributed by atoms with Gasteiger partial charge >= 0.3 is 5.97 Å². The molecule has 2 aromatic rings. The third-order valence-electron chi connectivity index (χ3n) is 2.53. The fraction of sp³-hybridized carbons (Fsp3) is 0.250. The lowest BCUT2D eigenvalue weighted by Gasteiger charge is -2.02. The number of carbonyl (C=O) groups excluding carboxylic acids is 1. The topological polar surface area (TPSA) is 85.3 Å². The number of aryl methyl sites for hydroxylation is 1. The number of hydrogen-bond donors (Lipinski definition) is 1. The third kappa shape index (κ3) is 2.32. The van der Waals surface area contributed by atoms with Crippen LogP contribution in [-0.2, 0) is 6.54 Å². The maximum atomic E-state index is 11.2. The van der Waals surface area contributed by atoms with Crippen molar-refractivity contribution < 1.29 is 19.2 Å². The van der Waals surface area contributed by atoms with E-state index in [1.807, 2.05) is 0 Å². The van der Waals surface area contributed by atoms with Gasteiger partial charge in [0.15, 0.2) is 11.5 Å². The van der Waals surface area contributed by atoms with Crippen LogP contribution in [0.4, 0.5) is 0 Å². The van der Waals surface area contributed by atoms with E-state index in [2.05, 4.69) is 5.16 Å². The summed E-state index contributed by atoms with van der Waals surface area (Å²) in [5.41, 5.74) is 1.14. The van der Waals surface area contributed by atoms with Gasteiger partial charge in [-0.2, -0.15) is 0 Å². The molecule has 0 aromatic carbocycles. The highest BCUT2D eigenvalue weighted by atomic mass is 16.5. The quantitative estimate of drug-likeness (QED) is 0.833. The van der Waals surface area contributed by atoms with Crippen molar-refractivity contribution in [2.24, 2.45) is 0 Å². The number of carbonyl (C=O) groups is 2. The lowest BCUT2D eigenvalue weighted by molar-refractivity contribution is 0.0685. The summed E-state index contributed by atoms with van der Waals surface area (Å²) >= 11 is 0. The normalized spacial score (nSPS) is 10.6. The molecule has 6 heteroatoms. The van der Waals surface area contributed by atoms with E-state index < -0.39 is 5.97 Å². The van der Waals surface area contributed by atoms with Crippen LogP contribution >= 0.6 is 0 Å². The Bertz CT molecular complexity index is 609. The highest BCUT2D eigenvalue weighted by molar-refractivity contribution is 5.97. The van der Waals surface area contributed by atoms with E-state index in [4.69, 9.17) is 9.63 Å². The van der Waals surface area contributed by atoms with Gasteiger partial charge in [0, 0.05) is 17.8 Å². The first-order valence-electron chi connectivity index (χ1n) is 5.34. The third-order valence-corrected chi connectivity index (χ3v) is 2.53. The number of Topliss-reactive ketones (excluding diaryl/α,β-unsaturated/α-hetero) is 1. The molecule has 0 amide bonds. The second-order valence-corrected chi connectivity index (χ2v) is 4.04. The van der Waals surface area contributed by atoms with Crippen molar-refractivity contribution in [2.45, 2.75) is 20.4 Å². The molecule has 0 unspecified atom stereocenters. The Labute approximate surface area is 103 Å². The van der Waals surface area contributed by atoms with E-state index in [1.54, 1.807) is 13.0 Å². The largest absolute Gasteiger partial charge is 0.477 e. The number of hydrogen-bond acceptors (Lipinski definition) is 4. The Morgan fingerprint density at radius 3 is 2.67 bits per heavy atom. The zero-order valence-electron chi connectivity index (χ0n) is 10.0. The van der Waals surface area contributed by atoms with Gasteiger partial charge in [-0.3, -0.25) is 4.79 Å². The fourth-order valence-corrected chi connectivity index (χ4v) is 1.67. The summed E-state index contributed by atoms with van der Waals surface area (Å²) in [6.07, 6.45) is 1.50. The molecule has 0 bridgehead atoms.